The van der Waals surface area contributed by atoms with E-state index in [0.717, 1.165) is 5.39 Å². The molecule has 0 spiro atoms. The van der Waals surface area contributed by atoms with Gasteiger partial charge in [0.15, 0.2) is 0 Å². The van der Waals surface area contributed by atoms with Crippen LogP contribution in [0.25, 0.3) is 11.0 Å². The highest BCUT2D eigenvalue weighted by Crippen LogP contribution is 2.29. The van der Waals surface area contributed by atoms with Crippen LogP contribution in [0.5, 0.6) is 5.75 Å². The largest absolute Gasteiger partial charge is 0.496 e. The van der Waals surface area contributed by atoms with Crippen molar-refractivity contribution in [1.82, 2.24) is 0 Å². The fourth-order valence-electron chi connectivity index (χ4n) is 2.26. The van der Waals surface area contributed by atoms with Gasteiger partial charge in [0.05, 0.1) is 7.11 Å². The fraction of sp³-hybridized carbons (Fsp3) is 0.294. The molecule has 1 heterocycles. The van der Waals surface area contributed by atoms with Crippen molar-refractivity contribution in [3.8, 4) is 5.75 Å². The van der Waals surface area contributed by atoms with Gasteiger partial charge in [-0.2, -0.15) is 0 Å². The Morgan fingerprint density at radius 2 is 1.95 bits per heavy atom. The number of methoxy groups -OCH3 is 1. The average Bonchev–Trinajstić information content (AvgIpc) is 2.46. The Hall–Kier alpha value is -2.56. The molecule has 1 aromatic heterocycles. The molecule has 0 unspecified atom stereocenters. The molecule has 5 nitrogen and oxygen atoms in total. The van der Waals surface area contributed by atoms with E-state index >= 15 is 0 Å². The van der Waals surface area contributed by atoms with Gasteiger partial charge in [0, 0.05) is 30.4 Å². The first-order valence-corrected chi connectivity index (χ1v) is 6.84. The topological polar surface area (TPSA) is 65.7 Å². The van der Waals surface area contributed by atoms with Crippen molar-refractivity contribution in [2.45, 2.75) is 26.4 Å². The quantitative estimate of drug-likeness (QED) is 0.483. The summed E-state index contributed by atoms with van der Waals surface area (Å²) in [5.41, 5.74) is 1.37. The van der Waals surface area contributed by atoms with Gasteiger partial charge in [-0.15, -0.1) is 0 Å². The van der Waals surface area contributed by atoms with E-state index in [4.69, 9.17) is 13.9 Å². The minimum atomic E-state index is -0.512. The Balaban J connectivity index is 2.56. The normalized spacial score (nSPS) is 12.0. The molecule has 0 N–H and O–H groups in total. The third-order valence-electron chi connectivity index (χ3n) is 3.32. The fourth-order valence-corrected chi connectivity index (χ4v) is 2.26. The molecule has 0 aliphatic heterocycles. The second-order valence-corrected chi connectivity index (χ2v) is 5.07. The lowest BCUT2D eigenvalue weighted by atomic mass is 10.00. The first-order valence-electron chi connectivity index (χ1n) is 6.84. The number of carbonyl (C=O) groups excluding carboxylic acids is 1. The van der Waals surface area contributed by atoms with Crippen LogP contribution in [0.4, 0.5) is 0 Å². The van der Waals surface area contributed by atoms with Crippen molar-refractivity contribution < 1.29 is 18.7 Å². The lowest BCUT2D eigenvalue weighted by Crippen LogP contribution is -2.20. The van der Waals surface area contributed by atoms with E-state index in [-0.39, 0.29) is 0 Å². The van der Waals surface area contributed by atoms with Gasteiger partial charge >= 0.3 is 11.6 Å². The highest BCUT2D eigenvalue weighted by molar-refractivity contribution is 5.82. The van der Waals surface area contributed by atoms with Gasteiger partial charge in [0.2, 0.25) is 0 Å². The van der Waals surface area contributed by atoms with E-state index in [1.807, 2.05) is 6.07 Å². The lowest BCUT2D eigenvalue weighted by molar-refractivity contribution is -0.144. The number of rotatable bonds is 5. The molecule has 0 radical (unpaired) electrons. The van der Waals surface area contributed by atoms with Crippen molar-refractivity contribution >= 4 is 16.9 Å². The molecule has 0 aliphatic carbocycles. The van der Waals surface area contributed by atoms with Crippen molar-refractivity contribution in [2.75, 3.05) is 7.11 Å². The summed E-state index contributed by atoms with van der Waals surface area (Å²) in [6, 6.07) is 6.65. The second-order valence-electron chi connectivity index (χ2n) is 5.07. The summed E-state index contributed by atoms with van der Waals surface area (Å²) in [6.45, 7) is 6.97. The molecular formula is C17H18O5. The molecule has 2 aromatic rings. The van der Waals surface area contributed by atoms with E-state index in [1.54, 1.807) is 19.1 Å². The van der Waals surface area contributed by atoms with Crippen molar-refractivity contribution in [3.63, 3.8) is 0 Å². The van der Waals surface area contributed by atoms with Gasteiger partial charge in [-0.25, -0.2) is 4.79 Å². The molecule has 5 heteroatoms. The Labute approximate surface area is 128 Å². The summed E-state index contributed by atoms with van der Waals surface area (Å²) in [4.78, 5) is 22.8. The number of benzene rings is 1. The molecule has 0 saturated heterocycles. The maximum atomic E-state index is 11.5. The Morgan fingerprint density at radius 3 is 2.55 bits per heavy atom. The van der Waals surface area contributed by atoms with Gasteiger partial charge < -0.3 is 13.9 Å². The third kappa shape index (κ3) is 3.36. The molecule has 2 rings (SSSR count). The van der Waals surface area contributed by atoms with E-state index < -0.39 is 17.7 Å². The third-order valence-corrected chi connectivity index (χ3v) is 3.32. The molecule has 0 bridgehead atoms. The zero-order valence-electron chi connectivity index (χ0n) is 12.8. The van der Waals surface area contributed by atoms with E-state index in [1.165, 1.54) is 20.1 Å². The zero-order chi connectivity index (χ0) is 16.3. The number of esters is 1. The number of ether oxygens (including phenoxy) is 2. The van der Waals surface area contributed by atoms with Crippen LogP contribution in [0.3, 0.4) is 0 Å². The van der Waals surface area contributed by atoms with Crippen LogP contribution in [-0.2, 0) is 16.0 Å². The van der Waals surface area contributed by atoms with Crippen molar-refractivity contribution in [3.05, 3.63) is 52.4 Å². The van der Waals surface area contributed by atoms with Crippen molar-refractivity contribution in [2.24, 2.45) is 0 Å². The average molecular weight is 302 g/mol. The number of hydrogen-bond donors (Lipinski definition) is 0. The van der Waals surface area contributed by atoms with Gasteiger partial charge in [-0.1, -0.05) is 6.58 Å². The Morgan fingerprint density at radius 1 is 1.27 bits per heavy atom. The molecular weight excluding hydrogens is 284 g/mol. The summed E-state index contributed by atoms with van der Waals surface area (Å²) in [5, 5.41) is 0.777. The van der Waals surface area contributed by atoms with Gasteiger partial charge in [-0.3, -0.25) is 4.79 Å². The molecule has 116 valence electrons. The highest BCUT2D eigenvalue weighted by Gasteiger charge is 2.20. The van der Waals surface area contributed by atoms with Crippen LogP contribution in [0.15, 0.2) is 45.6 Å². The summed E-state index contributed by atoms with van der Waals surface area (Å²) in [5.74, 6) is 0.175. The monoisotopic (exact) mass is 302 g/mol. The lowest BCUT2D eigenvalue weighted by Gasteiger charge is -2.19. The van der Waals surface area contributed by atoms with Crippen LogP contribution in [-0.4, -0.2) is 19.2 Å². The first-order chi connectivity index (χ1) is 10.4. The van der Waals surface area contributed by atoms with E-state index in [9.17, 15) is 9.59 Å². The standard InChI is InChI=1S/C17H18O5/c1-10(2)15(21-11(3)18)9-13-14(20-4)7-5-12-6-8-16(19)22-17(12)13/h5-8,15H,1,9H2,2-4H3/t15-/m1/s1. The number of carbonyl (C=O) groups is 1. The molecule has 0 fully saturated rings. The Bertz CT molecular complexity index is 772. The SMILES string of the molecule is C=C(C)[C@@H](Cc1c(OC)ccc2ccc(=O)oc12)OC(C)=O. The predicted octanol–water partition coefficient (Wildman–Crippen LogP) is 2.85. The van der Waals surface area contributed by atoms with E-state index in [0.29, 0.717) is 28.9 Å². The number of hydrogen-bond acceptors (Lipinski definition) is 5. The highest BCUT2D eigenvalue weighted by atomic mass is 16.5. The minimum Gasteiger partial charge on any atom is -0.496 e. The van der Waals surface area contributed by atoms with Crippen LogP contribution in [0.2, 0.25) is 0 Å². The van der Waals surface area contributed by atoms with E-state index in [2.05, 4.69) is 6.58 Å². The second kappa shape index (κ2) is 6.47. The Kier molecular flexibility index (Phi) is 4.65. The molecule has 22 heavy (non-hydrogen) atoms. The van der Waals surface area contributed by atoms with Crippen LogP contribution < -0.4 is 10.4 Å². The summed E-state index contributed by atoms with van der Waals surface area (Å²) in [6.07, 6.45) is -0.190. The minimum absolute atomic E-state index is 0.322. The molecule has 0 aliphatic rings. The molecule has 1 aromatic carbocycles. The summed E-state index contributed by atoms with van der Waals surface area (Å²) >= 11 is 0. The molecule has 1 atom stereocenters. The predicted molar refractivity (Wildman–Crippen MR) is 83.1 cm³/mol. The van der Waals surface area contributed by atoms with Crippen LogP contribution >= 0.6 is 0 Å². The first kappa shape index (κ1) is 15.8. The van der Waals surface area contributed by atoms with Gasteiger partial charge in [-0.05, 0) is 30.7 Å². The maximum absolute atomic E-state index is 11.5. The smallest absolute Gasteiger partial charge is 0.336 e. The van der Waals surface area contributed by atoms with Crippen LogP contribution in [0, 0.1) is 0 Å². The molecule has 0 saturated carbocycles. The summed E-state index contributed by atoms with van der Waals surface area (Å²) < 4.78 is 15.9. The summed E-state index contributed by atoms with van der Waals surface area (Å²) in [7, 11) is 1.54. The van der Waals surface area contributed by atoms with Crippen molar-refractivity contribution in [1.29, 1.82) is 0 Å². The van der Waals surface area contributed by atoms with Gasteiger partial charge in [0.1, 0.15) is 17.4 Å². The molecule has 0 amide bonds. The number of fused-ring (bicyclic) bond motifs is 1. The van der Waals surface area contributed by atoms with Gasteiger partial charge in [0.25, 0.3) is 0 Å². The maximum Gasteiger partial charge on any atom is 0.336 e. The van der Waals surface area contributed by atoms with Crippen LogP contribution in [0.1, 0.15) is 19.4 Å². The zero-order valence-corrected chi connectivity index (χ0v) is 12.8.